The van der Waals surface area contributed by atoms with Gasteiger partial charge in [-0.15, -0.1) is 0 Å². The van der Waals surface area contributed by atoms with Gasteiger partial charge in [-0.05, 0) is 31.5 Å². The number of hydrogen-bond acceptors (Lipinski definition) is 2. The number of hydrogen-bond donors (Lipinski definition) is 0. The maximum Gasteiger partial charge on any atom is 0.320 e. The Hall–Kier alpha value is -1.81. The lowest BCUT2D eigenvalue weighted by Crippen LogP contribution is -2.39. The molecular weight excluding hydrogens is 252 g/mol. The molecule has 1 aromatic carbocycles. The summed E-state index contributed by atoms with van der Waals surface area (Å²) in [7, 11) is 0. The van der Waals surface area contributed by atoms with Crippen LogP contribution in [-0.2, 0) is 6.54 Å². The van der Waals surface area contributed by atoms with E-state index in [0.717, 1.165) is 5.56 Å². The maximum atomic E-state index is 12.0. The van der Waals surface area contributed by atoms with Crippen molar-refractivity contribution >= 4 is 11.6 Å². The second kappa shape index (κ2) is 4.82. The summed E-state index contributed by atoms with van der Waals surface area (Å²) < 4.78 is 2.70. The van der Waals surface area contributed by atoms with Crippen molar-refractivity contribution in [3.8, 4) is 5.69 Å². The highest BCUT2D eigenvalue weighted by molar-refractivity contribution is 6.30. The molecule has 0 radical (unpaired) electrons. The molecule has 2 rings (SSSR count). The molecule has 0 bridgehead atoms. The van der Waals surface area contributed by atoms with Crippen LogP contribution in [0.3, 0.4) is 0 Å². The largest absolute Gasteiger partial charge is 0.320 e. The summed E-state index contributed by atoms with van der Waals surface area (Å²) >= 11 is 5.92. The molecule has 1 heterocycles. The van der Waals surface area contributed by atoms with E-state index in [2.05, 4.69) is 0 Å². The minimum absolute atomic E-state index is 0.476. The molecule has 0 atom stereocenters. The smallest absolute Gasteiger partial charge is 0.310 e. The second-order valence-electron chi connectivity index (χ2n) is 4.00. The van der Waals surface area contributed by atoms with Gasteiger partial charge in [0.15, 0.2) is 0 Å². The van der Waals surface area contributed by atoms with Crippen LogP contribution in [-0.4, -0.2) is 9.13 Å². The van der Waals surface area contributed by atoms with Crippen LogP contribution in [0.25, 0.3) is 5.69 Å². The predicted octanol–water partition coefficient (Wildman–Crippen LogP) is 1.98. The normalized spacial score (nSPS) is 10.6. The lowest BCUT2D eigenvalue weighted by atomic mass is 10.2. The zero-order chi connectivity index (χ0) is 13.3. The molecule has 0 aliphatic rings. The van der Waals surface area contributed by atoms with Crippen molar-refractivity contribution in [2.24, 2.45) is 0 Å². The summed E-state index contributed by atoms with van der Waals surface area (Å²) in [5.74, 6) is 0. The zero-order valence-corrected chi connectivity index (χ0v) is 10.9. The van der Waals surface area contributed by atoms with E-state index in [0.29, 0.717) is 17.3 Å². The van der Waals surface area contributed by atoms with Crippen molar-refractivity contribution in [2.45, 2.75) is 20.4 Å². The van der Waals surface area contributed by atoms with Gasteiger partial charge in [-0.25, -0.2) is 0 Å². The van der Waals surface area contributed by atoms with Crippen molar-refractivity contribution in [3.05, 3.63) is 61.9 Å². The lowest BCUT2D eigenvalue weighted by molar-refractivity contribution is 0.692. The van der Waals surface area contributed by atoms with Gasteiger partial charge in [-0.1, -0.05) is 17.7 Å². The average molecular weight is 265 g/mol. The molecule has 4 nitrogen and oxygen atoms in total. The monoisotopic (exact) mass is 264 g/mol. The molecule has 0 saturated carbocycles. The van der Waals surface area contributed by atoms with Crippen molar-refractivity contribution in [1.82, 2.24) is 9.13 Å². The summed E-state index contributed by atoms with van der Waals surface area (Å²) in [6.45, 7) is 4.16. The topological polar surface area (TPSA) is 44.0 Å². The third kappa shape index (κ3) is 2.11. The quantitative estimate of drug-likeness (QED) is 0.779. The van der Waals surface area contributed by atoms with Crippen LogP contribution in [0, 0.1) is 6.92 Å². The molecule has 0 spiro atoms. The molecule has 5 heteroatoms. The molecule has 0 aliphatic carbocycles. The highest BCUT2D eigenvalue weighted by Crippen LogP contribution is 2.17. The van der Waals surface area contributed by atoms with Crippen LogP contribution in [0.2, 0.25) is 5.02 Å². The minimum atomic E-state index is -0.565. The Balaban J connectivity index is 2.73. The number of nitrogens with zero attached hydrogens (tertiary/aromatic N) is 2. The van der Waals surface area contributed by atoms with Gasteiger partial charge in [0.2, 0.25) is 0 Å². The fourth-order valence-corrected chi connectivity index (χ4v) is 1.96. The van der Waals surface area contributed by atoms with E-state index in [-0.39, 0.29) is 0 Å². The van der Waals surface area contributed by atoms with Gasteiger partial charge in [0, 0.05) is 24.0 Å². The van der Waals surface area contributed by atoms with Crippen molar-refractivity contribution in [2.75, 3.05) is 0 Å². The lowest BCUT2D eigenvalue weighted by Gasteiger charge is -2.10. The summed E-state index contributed by atoms with van der Waals surface area (Å²) in [6.07, 6.45) is 3.19. The Labute approximate surface area is 109 Å². The average Bonchev–Trinajstić information content (AvgIpc) is 2.36. The molecule has 94 valence electrons. The van der Waals surface area contributed by atoms with Gasteiger partial charge >= 0.3 is 11.1 Å². The molecule has 0 fully saturated rings. The van der Waals surface area contributed by atoms with E-state index in [4.69, 9.17) is 11.6 Å². The van der Waals surface area contributed by atoms with E-state index >= 15 is 0 Å². The standard InChI is InChI=1S/C13H13ClN2O2/c1-3-15-6-7-16(13(18)12(15)17)11-8-10(14)5-4-9(11)2/h4-8H,3H2,1-2H3. The highest BCUT2D eigenvalue weighted by Gasteiger charge is 2.08. The molecule has 1 aromatic heterocycles. The van der Waals surface area contributed by atoms with Gasteiger partial charge in [0.1, 0.15) is 0 Å². The van der Waals surface area contributed by atoms with Crippen LogP contribution in [0.5, 0.6) is 0 Å². The third-order valence-corrected chi connectivity index (χ3v) is 3.06. The maximum absolute atomic E-state index is 12.0. The van der Waals surface area contributed by atoms with E-state index in [1.807, 2.05) is 19.9 Å². The summed E-state index contributed by atoms with van der Waals surface area (Å²) in [6, 6.07) is 5.24. The number of aromatic nitrogens is 2. The zero-order valence-electron chi connectivity index (χ0n) is 10.2. The Morgan fingerprint density at radius 2 is 1.89 bits per heavy atom. The number of benzene rings is 1. The van der Waals surface area contributed by atoms with E-state index in [9.17, 15) is 9.59 Å². The third-order valence-electron chi connectivity index (χ3n) is 2.83. The first kappa shape index (κ1) is 12.6. The number of rotatable bonds is 2. The number of aryl methyl sites for hydroxylation is 2. The highest BCUT2D eigenvalue weighted by atomic mass is 35.5. The van der Waals surface area contributed by atoms with Gasteiger partial charge < -0.3 is 4.57 Å². The molecule has 0 amide bonds. The first-order chi connectivity index (χ1) is 8.54. The molecule has 0 aliphatic heterocycles. The summed E-state index contributed by atoms with van der Waals surface area (Å²) in [4.78, 5) is 23.8. The van der Waals surface area contributed by atoms with Crippen LogP contribution in [0.15, 0.2) is 40.2 Å². The Morgan fingerprint density at radius 1 is 1.17 bits per heavy atom. The van der Waals surface area contributed by atoms with Crippen LogP contribution in [0.1, 0.15) is 12.5 Å². The molecule has 0 unspecified atom stereocenters. The Bertz CT molecular complexity index is 701. The molecule has 18 heavy (non-hydrogen) atoms. The molecular formula is C13H13ClN2O2. The first-order valence-corrected chi connectivity index (χ1v) is 6.01. The molecule has 0 N–H and O–H groups in total. The van der Waals surface area contributed by atoms with E-state index in [1.54, 1.807) is 24.5 Å². The molecule has 2 aromatic rings. The first-order valence-electron chi connectivity index (χ1n) is 5.63. The van der Waals surface area contributed by atoms with Gasteiger partial charge in [0.25, 0.3) is 0 Å². The van der Waals surface area contributed by atoms with Crippen LogP contribution in [0.4, 0.5) is 0 Å². The predicted molar refractivity (Wildman–Crippen MR) is 71.7 cm³/mol. The van der Waals surface area contributed by atoms with Crippen molar-refractivity contribution in [1.29, 1.82) is 0 Å². The molecule has 0 saturated heterocycles. The second-order valence-corrected chi connectivity index (χ2v) is 4.43. The number of halogens is 1. The van der Waals surface area contributed by atoms with Crippen LogP contribution >= 0.6 is 11.6 Å². The minimum Gasteiger partial charge on any atom is -0.310 e. The Kier molecular flexibility index (Phi) is 3.39. The van der Waals surface area contributed by atoms with Gasteiger partial charge in [-0.2, -0.15) is 0 Å². The summed E-state index contributed by atoms with van der Waals surface area (Å²) in [5.41, 5.74) is 0.423. The van der Waals surface area contributed by atoms with Gasteiger partial charge in [0.05, 0.1) is 5.69 Å². The summed E-state index contributed by atoms with van der Waals surface area (Å²) in [5, 5.41) is 0.530. The van der Waals surface area contributed by atoms with Gasteiger partial charge in [-0.3, -0.25) is 14.2 Å². The van der Waals surface area contributed by atoms with Crippen LogP contribution < -0.4 is 11.1 Å². The fraction of sp³-hybridized carbons (Fsp3) is 0.231. The fourth-order valence-electron chi connectivity index (χ4n) is 1.79. The Morgan fingerprint density at radius 3 is 2.56 bits per heavy atom. The van der Waals surface area contributed by atoms with E-state index in [1.165, 1.54) is 9.13 Å². The SMILES string of the molecule is CCn1ccn(-c2cc(Cl)ccc2C)c(=O)c1=O. The van der Waals surface area contributed by atoms with E-state index < -0.39 is 11.1 Å². The van der Waals surface area contributed by atoms with Crippen molar-refractivity contribution < 1.29 is 0 Å². The van der Waals surface area contributed by atoms with Crippen molar-refractivity contribution in [3.63, 3.8) is 0 Å².